The zero-order valence-corrected chi connectivity index (χ0v) is 13.2. The number of nitrogens with one attached hydrogen (secondary N) is 2. The van der Waals surface area contributed by atoms with Crippen molar-refractivity contribution in [2.75, 3.05) is 34.4 Å². The summed E-state index contributed by atoms with van der Waals surface area (Å²) in [5.41, 5.74) is 0. The van der Waals surface area contributed by atoms with Crippen molar-refractivity contribution in [1.82, 2.24) is 10.6 Å². The van der Waals surface area contributed by atoms with E-state index in [1.165, 1.54) is 0 Å². The van der Waals surface area contributed by atoms with E-state index in [2.05, 4.69) is 15.6 Å². The summed E-state index contributed by atoms with van der Waals surface area (Å²) in [6.45, 7) is 1.21. The highest BCUT2D eigenvalue weighted by Crippen LogP contribution is 2.25. The van der Waals surface area contributed by atoms with Crippen LogP contribution in [0.2, 0.25) is 0 Å². The van der Waals surface area contributed by atoms with Gasteiger partial charge in [0.1, 0.15) is 6.61 Å². The van der Waals surface area contributed by atoms with Gasteiger partial charge in [0.2, 0.25) is 0 Å². The Labute approximate surface area is 125 Å². The van der Waals surface area contributed by atoms with Crippen molar-refractivity contribution in [2.45, 2.75) is 0 Å². The molecule has 18 heavy (non-hydrogen) atoms. The highest BCUT2D eigenvalue weighted by Gasteiger charge is 2.01. The Hall–Kier alpha value is -1.18. The van der Waals surface area contributed by atoms with Gasteiger partial charge in [0.25, 0.3) is 0 Å². The molecule has 6 heteroatoms. The molecule has 1 aromatic rings. The Morgan fingerprint density at radius 2 is 1.94 bits per heavy atom. The highest BCUT2D eigenvalue weighted by atomic mass is 127. The van der Waals surface area contributed by atoms with Crippen molar-refractivity contribution < 1.29 is 9.47 Å². The van der Waals surface area contributed by atoms with Crippen LogP contribution in [0.15, 0.2) is 29.3 Å². The molecule has 0 aliphatic carbocycles. The van der Waals surface area contributed by atoms with Gasteiger partial charge in [0.15, 0.2) is 17.5 Å². The summed E-state index contributed by atoms with van der Waals surface area (Å²) >= 11 is 0. The molecule has 102 valence electrons. The molecule has 0 amide bonds. The highest BCUT2D eigenvalue weighted by molar-refractivity contribution is 14.0. The second kappa shape index (κ2) is 9.81. The van der Waals surface area contributed by atoms with E-state index < -0.39 is 0 Å². The normalized spacial score (nSPS) is 10.3. The average molecular weight is 365 g/mol. The molecule has 0 unspecified atom stereocenters. The third kappa shape index (κ3) is 5.44. The van der Waals surface area contributed by atoms with Crippen molar-refractivity contribution in [3.05, 3.63) is 24.3 Å². The van der Waals surface area contributed by atoms with Gasteiger partial charge in [0.05, 0.1) is 13.7 Å². The maximum absolute atomic E-state index is 5.60. The molecule has 0 aliphatic heterocycles. The van der Waals surface area contributed by atoms with E-state index in [4.69, 9.17) is 9.47 Å². The van der Waals surface area contributed by atoms with E-state index in [1.54, 1.807) is 14.2 Å². The number of methoxy groups -OCH3 is 1. The van der Waals surface area contributed by atoms with Crippen molar-refractivity contribution in [1.29, 1.82) is 0 Å². The minimum atomic E-state index is 0. The van der Waals surface area contributed by atoms with Gasteiger partial charge in [-0.05, 0) is 12.1 Å². The van der Waals surface area contributed by atoms with Gasteiger partial charge < -0.3 is 20.1 Å². The van der Waals surface area contributed by atoms with Crippen molar-refractivity contribution in [3.63, 3.8) is 0 Å². The number of ether oxygens (including phenoxy) is 2. The molecule has 0 saturated heterocycles. The summed E-state index contributed by atoms with van der Waals surface area (Å²) in [5, 5.41) is 6.03. The zero-order valence-electron chi connectivity index (χ0n) is 10.9. The fourth-order valence-corrected chi connectivity index (χ4v) is 1.35. The molecule has 1 rings (SSSR count). The number of benzene rings is 1. The second-order valence-corrected chi connectivity index (χ2v) is 3.25. The predicted octanol–water partition coefficient (Wildman–Crippen LogP) is 1.49. The van der Waals surface area contributed by atoms with Gasteiger partial charge in [-0.3, -0.25) is 4.99 Å². The molecule has 1 aromatic carbocycles. The minimum absolute atomic E-state index is 0. The van der Waals surface area contributed by atoms with Crippen LogP contribution in [0.25, 0.3) is 0 Å². The number of aliphatic imine (C=N–C) groups is 1. The molecule has 0 atom stereocenters. The molecule has 0 saturated carbocycles. The van der Waals surface area contributed by atoms with Crippen LogP contribution in [-0.2, 0) is 0 Å². The van der Waals surface area contributed by atoms with Crippen LogP contribution in [0, 0.1) is 0 Å². The van der Waals surface area contributed by atoms with Crippen molar-refractivity contribution >= 4 is 29.9 Å². The first-order valence-corrected chi connectivity index (χ1v) is 5.46. The van der Waals surface area contributed by atoms with Crippen LogP contribution in [0.3, 0.4) is 0 Å². The molecule has 0 fully saturated rings. The predicted molar refractivity (Wildman–Crippen MR) is 84.3 cm³/mol. The van der Waals surface area contributed by atoms with E-state index in [1.807, 2.05) is 31.3 Å². The van der Waals surface area contributed by atoms with Gasteiger partial charge in [-0.25, -0.2) is 0 Å². The van der Waals surface area contributed by atoms with Gasteiger partial charge in [-0.1, -0.05) is 12.1 Å². The van der Waals surface area contributed by atoms with Crippen molar-refractivity contribution in [2.24, 2.45) is 4.99 Å². The first-order valence-electron chi connectivity index (χ1n) is 5.46. The smallest absolute Gasteiger partial charge is 0.190 e. The van der Waals surface area contributed by atoms with E-state index in [0.29, 0.717) is 13.2 Å². The molecule has 0 aliphatic rings. The number of para-hydroxylation sites is 2. The van der Waals surface area contributed by atoms with Crippen LogP contribution in [0.5, 0.6) is 11.5 Å². The molecular formula is C12H20IN3O2. The van der Waals surface area contributed by atoms with Gasteiger partial charge in [-0.2, -0.15) is 0 Å². The Morgan fingerprint density at radius 3 is 2.50 bits per heavy atom. The van der Waals surface area contributed by atoms with Crippen LogP contribution >= 0.6 is 24.0 Å². The number of rotatable bonds is 5. The Bertz CT molecular complexity index is 372. The third-order valence-electron chi connectivity index (χ3n) is 2.18. The summed E-state index contributed by atoms with van der Waals surface area (Å²) in [5.74, 6) is 2.23. The summed E-state index contributed by atoms with van der Waals surface area (Å²) in [6.07, 6.45) is 0. The molecular weight excluding hydrogens is 345 g/mol. The number of guanidine groups is 1. The fourth-order valence-electron chi connectivity index (χ4n) is 1.35. The van der Waals surface area contributed by atoms with Gasteiger partial charge in [-0.15, -0.1) is 24.0 Å². The Kier molecular flexibility index (Phi) is 9.17. The Morgan fingerprint density at radius 1 is 1.28 bits per heavy atom. The summed E-state index contributed by atoms with van der Waals surface area (Å²) < 4.78 is 10.8. The lowest BCUT2D eigenvalue weighted by molar-refractivity contribution is 0.298. The number of nitrogens with zero attached hydrogens (tertiary/aromatic N) is 1. The molecule has 0 radical (unpaired) electrons. The van der Waals surface area contributed by atoms with E-state index in [-0.39, 0.29) is 24.0 Å². The lowest BCUT2D eigenvalue weighted by atomic mass is 10.3. The maximum Gasteiger partial charge on any atom is 0.190 e. The van der Waals surface area contributed by atoms with E-state index in [9.17, 15) is 0 Å². The maximum atomic E-state index is 5.60. The van der Waals surface area contributed by atoms with Crippen LogP contribution in [0.1, 0.15) is 0 Å². The van der Waals surface area contributed by atoms with E-state index in [0.717, 1.165) is 17.5 Å². The molecule has 0 heterocycles. The fraction of sp³-hybridized carbons (Fsp3) is 0.417. The molecule has 2 N–H and O–H groups in total. The number of hydrogen-bond acceptors (Lipinski definition) is 3. The second-order valence-electron chi connectivity index (χ2n) is 3.25. The average Bonchev–Trinajstić information content (AvgIpc) is 2.39. The summed E-state index contributed by atoms with van der Waals surface area (Å²) in [4.78, 5) is 4.00. The minimum Gasteiger partial charge on any atom is -0.493 e. The third-order valence-corrected chi connectivity index (χ3v) is 2.18. The topological polar surface area (TPSA) is 54.9 Å². The first-order chi connectivity index (χ1) is 8.31. The molecule has 5 nitrogen and oxygen atoms in total. The van der Waals surface area contributed by atoms with Gasteiger partial charge >= 0.3 is 0 Å². The molecule has 0 aromatic heterocycles. The van der Waals surface area contributed by atoms with E-state index >= 15 is 0 Å². The number of hydrogen-bond donors (Lipinski definition) is 2. The van der Waals surface area contributed by atoms with Crippen LogP contribution < -0.4 is 20.1 Å². The summed E-state index contributed by atoms with van der Waals surface area (Å²) in [7, 11) is 5.17. The monoisotopic (exact) mass is 365 g/mol. The summed E-state index contributed by atoms with van der Waals surface area (Å²) in [6, 6.07) is 7.58. The standard InChI is InChI=1S/C12H19N3O2.HI/c1-13-12(14-2)15-8-9-17-11-7-5-4-6-10(11)16-3;/h4-7H,8-9H2,1-3H3,(H2,13,14,15);1H. The zero-order chi connectivity index (χ0) is 12.5. The molecule has 0 spiro atoms. The van der Waals surface area contributed by atoms with Gasteiger partial charge in [0, 0.05) is 14.1 Å². The first kappa shape index (κ1) is 16.8. The largest absolute Gasteiger partial charge is 0.493 e. The van der Waals surface area contributed by atoms with Crippen LogP contribution in [-0.4, -0.2) is 40.3 Å². The van der Waals surface area contributed by atoms with Crippen LogP contribution in [0.4, 0.5) is 0 Å². The molecule has 0 bridgehead atoms. The van der Waals surface area contributed by atoms with Crippen molar-refractivity contribution in [3.8, 4) is 11.5 Å². The lowest BCUT2D eigenvalue weighted by Crippen LogP contribution is -2.37. The number of halogens is 1. The lowest BCUT2D eigenvalue weighted by Gasteiger charge is -2.11. The Balaban J connectivity index is 0.00000289. The quantitative estimate of drug-likeness (QED) is 0.359. The SMILES string of the molecule is CN=C(NC)NCCOc1ccccc1OC.I.